The topological polar surface area (TPSA) is 20.3 Å². The first-order valence-electron chi connectivity index (χ1n) is 8.05. The molecule has 0 bridgehead atoms. The van der Waals surface area contributed by atoms with Crippen LogP contribution in [0.3, 0.4) is 0 Å². The van der Waals surface area contributed by atoms with E-state index < -0.39 is 0 Å². The number of rotatable bonds is 3. The Morgan fingerprint density at radius 2 is 1.74 bits per heavy atom. The second kappa shape index (κ2) is 5.69. The highest BCUT2D eigenvalue weighted by molar-refractivity contribution is 6.00. The lowest BCUT2D eigenvalue weighted by Crippen LogP contribution is -2.47. The van der Waals surface area contributed by atoms with Gasteiger partial charge in [-0.3, -0.25) is 4.79 Å². The molecule has 0 saturated carbocycles. The van der Waals surface area contributed by atoms with Crippen molar-refractivity contribution in [3.63, 3.8) is 0 Å². The van der Waals surface area contributed by atoms with E-state index in [4.69, 9.17) is 0 Å². The Labute approximate surface area is 138 Å². The van der Waals surface area contributed by atoms with Gasteiger partial charge in [0.05, 0.1) is 12.1 Å². The number of aryl methyl sites for hydroxylation is 1. The van der Waals surface area contributed by atoms with E-state index in [-0.39, 0.29) is 11.3 Å². The van der Waals surface area contributed by atoms with E-state index in [0.29, 0.717) is 6.54 Å². The fourth-order valence-electron chi connectivity index (χ4n) is 3.34. The van der Waals surface area contributed by atoms with Crippen LogP contribution in [0.4, 0.5) is 5.69 Å². The fraction of sp³-hybridized carbons (Fsp3) is 0.286. The maximum atomic E-state index is 12.7. The zero-order chi connectivity index (χ0) is 16.6. The lowest BCUT2D eigenvalue weighted by Gasteiger charge is -2.43. The highest BCUT2D eigenvalue weighted by Crippen LogP contribution is 2.39. The molecule has 0 aromatic heterocycles. The second-order valence-corrected chi connectivity index (χ2v) is 6.88. The van der Waals surface area contributed by atoms with E-state index >= 15 is 0 Å². The van der Waals surface area contributed by atoms with Gasteiger partial charge in [0, 0.05) is 16.8 Å². The smallest absolute Gasteiger partial charge is 0.182 e. The zero-order valence-corrected chi connectivity index (χ0v) is 14.3. The van der Waals surface area contributed by atoms with Crippen LogP contribution >= 0.6 is 0 Å². The molecule has 0 N–H and O–H groups in total. The van der Waals surface area contributed by atoms with Crippen molar-refractivity contribution in [3.05, 3.63) is 71.3 Å². The van der Waals surface area contributed by atoms with Crippen LogP contribution in [-0.4, -0.2) is 17.9 Å². The molecule has 1 aliphatic heterocycles. The quantitative estimate of drug-likeness (QED) is 0.753. The molecule has 2 aromatic rings. The number of carbonyl (C=O) groups excluding carboxylic acids is 1. The van der Waals surface area contributed by atoms with Crippen molar-refractivity contribution in [2.24, 2.45) is 0 Å². The van der Waals surface area contributed by atoms with Crippen molar-refractivity contribution >= 4 is 17.0 Å². The van der Waals surface area contributed by atoms with Crippen molar-refractivity contribution in [1.29, 1.82) is 0 Å². The number of ketones is 1. The molecule has 0 spiro atoms. The van der Waals surface area contributed by atoms with Crippen LogP contribution in [0.15, 0.2) is 54.6 Å². The zero-order valence-electron chi connectivity index (χ0n) is 14.3. The number of hydrogen-bond donors (Lipinski definition) is 0. The third-order valence-corrected chi connectivity index (χ3v) is 4.53. The Morgan fingerprint density at radius 1 is 1.04 bits per heavy atom. The van der Waals surface area contributed by atoms with E-state index in [1.807, 2.05) is 30.3 Å². The summed E-state index contributed by atoms with van der Waals surface area (Å²) in [4.78, 5) is 14.9. The van der Waals surface area contributed by atoms with Gasteiger partial charge in [-0.15, -0.1) is 0 Å². The van der Waals surface area contributed by atoms with Gasteiger partial charge in [-0.25, -0.2) is 0 Å². The summed E-state index contributed by atoms with van der Waals surface area (Å²) >= 11 is 0. The van der Waals surface area contributed by atoms with Crippen molar-refractivity contribution < 1.29 is 4.79 Å². The minimum absolute atomic E-state index is 0.151. The number of nitrogens with zero attached hydrogens (tertiary/aromatic N) is 1. The summed E-state index contributed by atoms with van der Waals surface area (Å²) in [6.07, 6.45) is 2.26. The van der Waals surface area contributed by atoms with E-state index in [1.165, 1.54) is 16.7 Å². The minimum Gasteiger partial charge on any atom is -0.355 e. The molecule has 0 unspecified atom stereocenters. The summed E-state index contributed by atoms with van der Waals surface area (Å²) in [5, 5.41) is 0. The van der Waals surface area contributed by atoms with Gasteiger partial charge in [-0.05, 0) is 45.4 Å². The maximum Gasteiger partial charge on any atom is 0.182 e. The molecular formula is C21H23NO. The number of allylic oxidation sites excluding steroid dienone is 1. The van der Waals surface area contributed by atoms with E-state index in [2.05, 4.69) is 56.9 Å². The molecule has 0 aliphatic carbocycles. The van der Waals surface area contributed by atoms with Gasteiger partial charge in [0.15, 0.2) is 5.78 Å². The molecule has 3 rings (SSSR count). The normalized spacial score (nSPS) is 15.8. The predicted octanol–water partition coefficient (Wildman–Crippen LogP) is 4.88. The van der Waals surface area contributed by atoms with Gasteiger partial charge in [0.2, 0.25) is 0 Å². The van der Waals surface area contributed by atoms with Gasteiger partial charge in [-0.2, -0.15) is 0 Å². The minimum atomic E-state index is -0.184. The Morgan fingerprint density at radius 3 is 2.43 bits per heavy atom. The molecule has 2 aromatic carbocycles. The average Bonchev–Trinajstić information content (AvgIpc) is 2.52. The summed E-state index contributed by atoms with van der Waals surface area (Å²) in [5.74, 6) is 0.151. The van der Waals surface area contributed by atoms with Crippen molar-refractivity contribution in [3.8, 4) is 0 Å². The van der Waals surface area contributed by atoms with Crippen LogP contribution < -0.4 is 4.90 Å². The molecule has 2 heteroatoms. The van der Waals surface area contributed by atoms with Crippen LogP contribution in [-0.2, 0) is 0 Å². The Kier molecular flexibility index (Phi) is 3.85. The molecule has 2 nitrogen and oxygen atoms in total. The summed E-state index contributed by atoms with van der Waals surface area (Å²) < 4.78 is 0. The highest BCUT2D eigenvalue weighted by Gasteiger charge is 2.32. The van der Waals surface area contributed by atoms with Crippen molar-refractivity contribution in [1.82, 2.24) is 0 Å². The monoisotopic (exact) mass is 305 g/mol. The van der Waals surface area contributed by atoms with Crippen LogP contribution in [0.25, 0.3) is 5.57 Å². The lowest BCUT2D eigenvalue weighted by molar-refractivity contribution is 0.0995. The third-order valence-electron chi connectivity index (χ3n) is 4.53. The molecule has 1 aliphatic rings. The number of benzene rings is 2. The van der Waals surface area contributed by atoms with Crippen LogP contribution in [0.1, 0.15) is 42.3 Å². The van der Waals surface area contributed by atoms with Crippen LogP contribution in [0.5, 0.6) is 0 Å². The molecular weight excluding hydrogens is 282 g/mol. The van der Waals surface area contributed by atoms with Crippen LogP contribution in [0, 0.1) is 6.92 Å². The van der Waals surface area contributed by atoms with Gasteiger partial charge in [-0.1, -0.05) is 48.0 Å². The van der Waals surface area contributed by atoms with Gasteiger partial charge >= 0.3 is 0 Å². The summed E-state index contributed by atoms with van der Waals surface area (Å²) in [6.45, 7) is 8.97. The summed E-state index contributed by atoms with van der Waals surface area (Å²) in [7, 11) is 0. The number of anilines is 1. The number of carbonyl (C=O) groups is 1. The SMILES string of the molecule is CC1=CC(C)(C)N(CC(=O)c2ccccc2)c2ccc(C)cc21. The summed E-state index contributed by atoms with van der Waals surface area (Å²) in [5.41, 5.74) is 5.47. The second-order valence-electron chi connectivity index (χ2n) is 6.88. The molecule has 0 fully saturated rings. The van der Waals surface area contributed by atoms with Crippen molar-refractivity contribution in [2.75, 3.05) is 11.4 Å². The van der Waals surface area contributed by atoms with E-state index in [1.54, 1.807) is 0 Å². The molecule has 1 heterocycles. The first kappa shape index (κ1) is 15.5. The van der Waals surface area contributed by atoms with Crippen LogP contribution in [0.2, 0.25) is 0 Å². The first-order valence-corrected chi connectivity index (χ1v) is 8.05. The van der Waals surface area contributed by atoms with Gasteiger partial charge < -0.3 is 4.90 Å². The van der Waals surface area contributed by atoms with E-state index in [0.717, 1.165) is 11.3 Å². The lowest BCUT2D eigenvalue weighted by atomic mass is 9.87. The number of hydrogen-bond acceptors (Lipinski definition) is 2. The number of Topliss-reactive ketones (excluding diaryl/α,β-unsaturated/α-hetero) is 1. The Balaban J connectivity index is 2.00. The fourth-order valence-corrected chi connectivity index (χ4v) is 3.34. The molecule has 0 atom stereocenters. The molecule has 0 amide bonds. The average molecular weight is 305 g/mol. The Bertz CT molecular complexity index is 772. The van der Waals surface area contributed by atoms with Crippen molar-refractivity contribution in [2.45, 2.75) is 33.2 Å². The largest absolute Gasteiger partial charge is 0.355 e. The van der Waals surface area contributed by atoms with Gasteiger partial charge in [0.1, 0.15) is 0 Å². The van der Waals surface area contributed by atoms with E-state index in [9.17, 15) is 4.79 Å². The number of fused-ring (bicyclic) bond motifs is 1. The highest BCUT2D eigenvalue weighted by atomic mass is 16.1. The first-order chi connectivity index (χ1) is 10.9. The predicted molar refractivity (Wildman–Crippen MR) is 97.0 cm³/mol. The molecule has 23 heavy (non-hydrogen) atoms. The molecule has 0 saturated heterocycles. The Hall–Kier alpha value is -2.35. The molecule has 118 valence electrons. The standard InChI is InChI=1S/C21H23NO/c1-15-10-11-19-18(12-15)16(2)13-21(3,4)22(19)14-20(23)17-8-6-5-7-9-17/h5-13H,14H2,1-4H3. The van der Waals surface area contributed by atoms with Gasteiger partial charge in [0.25, 0.3) is 0 Å². The summed E-state index contributed by atoms with van der Waals surface area (Å²) in [6, 6.07) is 16.0. The maximum absolute atomic E-state index is 12.7. The third kappa shape index (κ3) is 2.94. The molecule has 0 radical (unpaired) electrons.